The molecular weight excluding hydrogens is 255 g/mol. The van der Waals surface area contributed by atoms with E-state index < -0.39 is 5.82 Å². The molecule has 94 valence electrons. The highest BCUT2D eigenvalue weighted by atomic mass is 35.5. The Morgan fingerprint density at radius 2 is 2.28 bits per heavy atom. The van der Waals surface area contributed by atoms with Crippen LogP contribution in [0.5, 0.6) is 0 Å². The van der Waals surface area contributed by atoms with Gasteiger partial charge in [-0.1, -0.05) is 22.9 Å². The standard InChI is InChI=1S/C12H12ClFN4/c13-10-2-1-3-11(12(10)14)18-7-9(16-17-18)6-15-8-4-5-8/h1-3,7-8,15H,4-6H2. The minimum Gasteiger partial charge on any atom is -0.308 e. The lowest BCUT2D eigenvalue weighted by Gasteiger charge is -2.02. The van der Waals surface area contributed by atoms with Crippen molar-refractivity contribution >= 4 is 11.6 Å². The highest BCUT2D eigenvalue weighted by Crippen LogP contribution is 2.21. The lowest BCUT2D eigenvalue weighted by Crippen LogP contribution is -2.15. The van der Waals surface area contributed by atoms with E-state index >= 15 is 0 Å². The highest BCUT2D eigenvalue weighted by Gasteiger charge is 2.20. The van der Waals surface area contributed by atoms with Crippen molar-refractivity contribution in [1.29, 1.82) is 0 Å². The molecule has 2 aromatic rings. The van der Waals surface area contributed by atoms with E-state index in [2.05, 4.69) is 15.6 Å². The number of rotatable bonds is 4. The Balaban J connectivity index is 1.80. The maximum atomic E-state index is 13.8. The maximum absolute atomic E-state index is 13.8. The van der Waals surface area contributed by atoms with Gasteiger partial charge in [0.2, 0.25) is 0 Å². The van der Waals surface area contributed by atoms with Crippen molar-refractivity contribution in [2.75, 3.05) is 0 Å². The second-order valence-corrected chi connectivity index (χ2v) is 4.79. The monoisotopic (exact) mass is 266 g/mol. The molecule has 0 unspecified atom stereocenters. The van der Waals surface area contributed by atoms with Gasteiger partial charge in [-0.3, -0.25) is 0 Å². The van der Waals surface area contributed by atoms with Crippen molar-refractivity contribution in [2.24, 2.45) is 0 Å². The molecule has 6 heteroatoms. The third kappa shape index (κ3) is 2.37. The second kappa shape index (κ2) is 4.66. The van der Waals surface area contributed by atoms with E-state index in [9.17, 15) is 4.39 Å². The summed E-state index contributed by atoms with van der Waals surface area (Å²) in [6, 6.07) is 5.42. The van der Waals surface area contributed by atoms with E-state index in [1.807, 2.05) is 0 Å². The molecular formula is C12H12ClFN4. The first-order valence-electron chi connectivity index (χ1n) is 5.83. The summed E-state index contributed by atoms with van der Waals surface area (Å²) in [6.45, 7) is 0.660. The van der Waals surface area contributed by atoms with E-state index in [1.165, 1.54) is 23.6 Å². The summed E-state index contributed by atoms with van der Waals surface area (Å²) in [7, 11) is 0. The molecule has 1 heterocycles. The molecule has 0 bridgehead atoms. The molecule has 1 aromatic heterocycles. The van der Waals surface area contributed by atoms with E-state index in [-0.39, 0.29) is 5.02 Å². The van der Waals surface area contributed by atoms with Crippen LogP contribution in [0.15, 0.2) is 24.4 Å². The van der Waals surface area contributed by atoms with Gasteiger partial charge in [-0.05, 0) is 25.0 Å². The molecule has 18 heavy (non-hydrogen) atoms. The number of hydrogen-bond donors (Lipinski definition) is 1. The van der Waals surface area contributed by atoms with Gasteiger partial charge in [0.05, 0.1) is 16.9 Å². The van der Waals surface area contributed by atoms with Gasteiger partial charge in [0.1, 0.15) is 5.69 Å². The zero-order valence-electron chi connectivity index (χ0n) is 9.61. The summed E-state index contributed by atoms with van der Waals surface area (Å²) in [5, 5.41) is 11.3. The number of nitrogens with one attached hydrogen (secondary N) is 1. The van der Waals surface area contributed by atoms with E-state index in [0.717, 1.165) is 5.69 Å². The Kier molecular flexibility index (Phi) is 3.01. The van der Waals surface area contributed by atoms with Gasteiger partial charge in [0.25, 0.3) is 0 Å². The maximum Gasteiger partial charge on any atom is 0.167 e. The van der Waals surface area contributed by atoms with E-state index in [4.69, 9.17) is 11.6 Å². The molecule has 1 aliphatic carbocycles. The number of aromatic nitrogens is 3. The highest BCUT2D eigenvalue weighted by molar-refractivity contribution is 6.30. The Labute approximate surface area is 109 Å². The van der Waals surface area contributed by atoms with Gasteiger partial charge in [0.15, 0.2) is 5.82 Å². The molecule has 3 rings (SSSR count). The van der Waals surface area contributed by atoms with Crippen LogP contribution in [0.2, 0.25) is 5.02 Å². The zero-order chi connectivity index (χ0) is 12.5. The first kappa shape index (κ1) is 11.6. The topological polar surface area (TPSA) is 42.7 Å². The molecule has 0 amide bonds. The minimum atomic E-state index is -0.481. The second-order valence-electron chi connectivity index (χ2n) is 4.38. The number of hydrogen-bond acceptors (Lipinski definition) is 3. The summed E-state index contributed by atoms with van der Waals surface area (Å²) >= 11 is 5.73. The molecule has 0 aliphatic heterocycles. The Morgan fingerprint density at radius 3 is 3.06 bits per heavy atom. The average molecular weight is 267 g/mol. The molecule has 1 aliphatic rings. The summed E-state index contributed by atoms with van der Waals surface area (Å²) < 4.78 is 15.2. The normalized spacial score (nSPS) is 15.0. The molecule has 1 aromatic carbocycles. The predicted molar refractivity (Wildman–Crippen MR) is 66.2 cm³/mol. The molecule has 1 N–H and O–H groups in total. The fraction of sp³-hybridized carbons (Fsp3) is 0.333. The van der Waals surface area contributed by atoms with E-state index in [0.29, 0.717) is 18.3 Å². The largest absolute Gasteiger partial charge is 0.308 e. The number of benzene rings is 1. The fourth-order valence-corrected chi connectivity index (χ4v) is 1.87. The SMILES string of the molecule is Fc1c(Cl)cccc1-n1cc(CNC2CC2)nn1. The van der Waals surface area contributed by atoms with Gasteiger partial charge < -0.3 is 5.32 Å². The van der Waals surface area contributed by atoms with Crippen molar-refractivity contribution in [1.82, 2.24) is 20.3 Å². The lowest BCUT2D eigenvalue weighted by molar-refractivity contribution is 0.607. The average Bonchev–Trinajstić information content (AvgIpc) is 3.08. The smallest absolute Gasteiger partial charge is 0.167 e. The summed E-state index contributed by atoms with van der Waals surface area (Å²) in [5.41, 5.74) is 1.11. The quantitative estimate of drug-likeness (QED) is 0.923. The molecule has 0 atom stereocenters. The first-order chi connectivity index (χ1) is 8.74. The van der Waals surface area contributed by atoms with E-state index in [1.54, 1.807) is 18.3 Å². The first-order valence-corrected chi connectivity index (χ1v) is 6.21. The van der Waals surface area contributed by atoms with Gasteiger partial charge in [-0.2, -0.15) is 0 Å². The Morgan fingerprint density at radius 1 is 1.44 bits per heavy atom. The van der Waals surface area contributed by atoms with Crippen LogP contribution in [0.1, 0.15) is 18.5 Å². The van der Waals surface area contributed by atoms with Crippen LogP contribution in [0.4, 0.5) is 4.39 Å². The van der Waals surface area contributed by atoms with Crippen molar-refractivity contribution < 1.29 is 4.39 Å². The van der Waals surface area contributed by atoms with Crippen LogP contribution in [0.25, 0.3) is 5.69 Å². The third-order valence-electron chi connectivity index (χ3n) is 2.87. The molecule has 0 radical (unpaired) electrons. The van der Waals surface area contributed by atoms with Crippen LogP contribution >= 0.6 is 11.6 Å². The van der Waals surface area contributed by atoms with Gasteiger partial charge in [-0.25, -0.2) is 9.07 Å². The number of nitrogens with zero attached hydrogens (tertiary/aromatic N) is 3. The summed E-state index contributed by atoms with van der Waals surface area (Å²) in [5.74, 6) is -0.481. The molecule has 1 fully saturated rings. The Bertz CT molecular complexity index is 565. The fourth-order valence-electron chi connectivity index (χ4n) is 1.70. The zero-order valence-corrected chi connectivity index (χ0v) is 10.4. The number of halogens is 2. The molecule has 1 saturated carbocycles. The van der Waals surface area contributed by atoms with Gasteiger partial charge in [0, 0.05) is 12.6 Å². The van der Waals surface area contributed by atoms with Gasteiger partial charge in [-0.15, -0.1) is 5.10 Å². The summed E-state index contributed by atoms with van der Waals surface area (Å²) in [4.78, 5) is 0. The van der Waals surface area contributed by atoms with Crippen molar-refractivity contribution in [3.05, 3.63) is 40.9 Å². The molecule has 0 saturated heterocycles. The minimum absolute atomic E-state index is 0.0839. The molecule has 4 nitrogen and oxygen atoms in total. The van der Waals surface area contributed by atoms with Crippen molar-refractivity contribution in [3.8, 4) is 5.69 Å². The lowest BCUT2D eigenvalue weighted by atomic mass is 10.3. The third-order valence-corrected chi connectivity index (χ3v) is 3.16. The van der Waals surface area contributed by atoms with Crippen LogP contribution in [-0.4, -0.2) is 21.0 Å². The van der Waals surface area contributed by atoms with Crippen molar-refractivity contribution in [3.63, 3.8) is 0 Å². The van der Waals surface area contributed by atoms with Crippen LogP contribution in [-0.2, 0) is 6.54 Å². The van der Waals surface area contributed by atoms with Crippen molar-refractivity contribution in [2.45, 2.75) is 25.4 Å². The molecule has 0 spiro atoms. The van der Waals surface area contributed by atoms with Crippen LogP contribution in [0, 0.1) is 5.82 Å². The van der Waals surface area contributed by atoms with Crippen LogP contribution < -0.4 is 5.32 Å². The Hall–Kier alpha value is -1.46. The van der Waals surface area contributed by atoms with Crippen LogP contribution in [0.3, 0.4) is 0 Å². The summed E-state index contributed by atoms with van der Waals surface area (Å²) in [6.07, 6.45) is 4.15. The van der Waals surface area contributed by atoms with Gasteiger partial charge >= 0.3 is 0 Å². The predicted octanol–water partition coefficient (Wildman–Crippen LogP) is 2.31.